The number of hydrogen-bond donors (Lipinski definition) is 3. The fraction of sp³-hybridized carbons (Fsp3) is 0.250. The van der Waals surface area contributed by atoms with Crippen molar-refractivity contribution in [1.29, 1.82) is 0 Å². The fourth-order valence-corrected chi connectivity index (χ4v) is 1.89. The van der Waals surface area contributed by atoms with Crippen LogP contribution in [0.25, 0.3) is 0 Å². The van der Waals surface area contributed by atoms with Gasteiger partial charge in [0.25, 0.3) is 0 Å². The molecule has 0 fully saturated rings. The Morgan fingerprint density at radius 3 is 2.45 bits per heavy atom. The third kappa shape index (κ3) is 3.95. The van der Waals surface area contributed by atoms with Gasteiger partial charge in [0.05, 0.1) is 12.8 Å². The zero-order valence-electron chi connectivity index (χ0n) is 12.4. The zero-order valence-corrected chi connectivity index (χ0v) is 12.4. The van der Waals surface area contributed by atoms with Crippen LogP contribution in [0.5, 0.6) is 0 Å². The maximum atomic E-state index is 11.8. The minimum atomic E-state index is -1.29. The van der Waals surface area contributed by atoms with E-state index in [1.165, 1.54) is 13.2 Å². The topological polar surface area (TPSA) is 91.6 Å². The SMILES string of the molecule is CC(=O)c1ccc(NC(=O)NCC(C)(O)c2ccco2)cc1. The van der Waals surface area contributed by atoms with Gasteiger partial charge in [-0.15, -0.1) is 0 Å². The third-order valence-corrected chi connectivity index (χ3v) is 3.19. The molecule has 2 amide bonds. The Kier molecular flexibility index (Phi) is 4.62. The highest BCUT2D eigenvalue weighted by atomic mass is 16.4. The number of benzene rings is 1. The summed E-state index contributed by atoms with van der Waals surface area (Å²) in [5.41, 5.74) is -0.161. The number of amides is 2. The monoisotopic (exact) mass is 302 g/mol. The summed E-state index contributed by atoms with van der Waals surface area (Å²) < 4.78 is 5.13. The zero-order chi connectivity index (χ0) is 16.2. The average Bonchev–Trinajstić information content (AvgIpc) is 3.01. The van der Waals surface area contributed by atoms with Crippen LogP contribution in [0.2, 0.25) is 0 Å². The van der Waals surface area contributed by atoms with Crippen molar-refractivity contribution in [2.45, 2.75) is 19.4 Å². The first kappa shape index (κ1) is 15.8. The van der Waals surface area contributed by atoms with Crippen molar-refractivity contribution in [2.75, 3.05) is 11.9 Å². The highest BCUT2D eigenvalue weighted by molar-refractivity contribution is 5.95. The summed E-state index contributed by atoms with van der Waals surface area (Å²) in [4.78, 5) is 23.0. The molecule has 2 aromatic rings. The van der Waals surface area contributed by atoms with E-state index in [0.29, 0.717) is 17.0 Å². The van der Waals surface area contributed by atoms with Crippen LogP contribution >= 0.6 is 0 Å². The van der Waals surface area contributed by atoms with E-state index < -0.39 is 11.6 Å². The Morgan fingerprint density at radius 2 is 1.91 bits per heavy atom. The number of nitrogens with one attached hydrogen (secondary N) is 2. The highest BCUT2D eigenvalue weighted by Crippen LogP contribution is 2.19. The molecule has 0 radical (unpaired) electrons. The molecule has 22 heavy (non-hydrogen) atoms. The van der Waals surface area contributed by atoms with Crippen molar-refractivity contribution in [3.05, 3.63) is 54.0 Å². The van der Waals surface area contributed by atoms with Crippen molar-refractivity contribution < 1.29 is 19.1 Å². The summed E-state index contributed by atoms with van der Waals surface area (Å²) in [6.45, 7) is 3.03. The third-order valence-electron chi connectivity index (χ3n) is 3.19. The number of furan rings is 1. The van der Waals surface area contributed by atoms with Crippen molar-refractivity contribution in [1.82, 2.24) is 5.32 Å². The van der Waals surface area contributed by atoms with Gasteiger partial charge in [-0.3, -0.25) is 4.79 Å². The second-order valence-corrected chi connectivity index (χ2v) is 5.19. The van der Waals surface area contributed by atoms with E-state index in [4.69, 9.17) is 4.42 Å². The van der Waals surface area contributed by atoms with Crippen molar-refractivity contribution in [3.63, 3.8) is 0 Å². The smallest absolute Gasteiger partial charge is 0.319 e. The van der Waals surface area contributed by atoms with Gasteiger partial charge in [-0.05, 0) is 50.2 Å². The molecule has 3 N–H and O–H groups in total. The quantitative estimate of drug-likeness (QED) is 0.740. The van der Waals surface area contributed by atoms with Crippen LogP contribution in [-0.2, 0) is 5.60 Å². The average molecular weight is 302 g/mol. The fourth-order valence-electron chi connectivity index (χ4n) is 1.89. The number of urea groups is 1. The molecule has 6 heteroatoms. The van der Waals surface area contributed by atoms with Gasteiger partial charge in [0, 0.05) is 11.3 Å². The maximum Gasteiger partial charge on any atom is 0.319 e. The lowest BCUT2D eigenvalue weighted by atomic mass is 10.0. The molecule has 1 aromatic heterocycles. The molecule has 1 unspecified atom stereocenters. The first-order valence-electron chi connectivity index (χ1n) is 6.81. The van der Waals surface area contributed by atoms with Gasteiger partial charge >= 0.3 is 6.03 Å². The number of rotatable bonds is 5. The lowest BCUT2D eigenvalue weighted by molar-refractivity contribution is 0.0372. The van der Waals surface area contributed by atoms with Crippen LogP contribution < -0.4 is 10.6 Å². The Bertz CT molecular complexity index is 645. The van der Waals surface area contributed by atoms with E-state index in [1.54, 1.807) is 43.3 Å². The molecule has 0 aliphatic carbocycles. The molecule has 6 nitrogen and oxygen atoms in total. The number of hydrogen-bond acceptors (Lipinski definition) is 4. The van der Waals surface area contributed by atoms with E-state index in [0.717, 1.165) is 0 Å². The first-order chi connectivity index (χ1) is 10.4. The summed E-state index contributed by atoms with van der Waals surface area (Å²) >= 11 is 0. The normalized spacial score (nSPS) is 13.2. The minimum absolute atomic E-state index is 0.00211. The van der Waals surface area contributed by atoms with Crippen LogP contribution in [0.4, 0.5) is 10.5 Å². The van der Waals surface area contributed by atoms with Gasteiger partial charge in [0.15, 0.2) is 5.78 Å². The highest BCUT2D eigenvalue weighted by Gasteiger charge is 2.26. The summed E-state index contributed by atoms with van der Waals surface area (Å²) in [5.74, 6) is 0.337. The second-order valence-electron chi connectivity index (χ2n) is 5.19. The van der Waals surface area contributed by atoms with Crippen LogP contribution in [0.15, 0.2) is 47.1 Å². The molecule has 1 atom stereocenters. The molecule has 0 saturated carbocycles. The number of aliphatic hydroxyl groups is 1. The molecule has 1 aromatic carbocycles. The van der Waals surface area contributed by atoms with E-state index in [-0.39, 0.29) is 12.3 Å². The number of anilines is 1. The molecule has 0 spiro atoms. The molecule has 116 valence electrons. The van der Waals surface area contributed by atoms with E-state index in [2.05, 4.69) is 10.6 Å². The number of carbonyl (C=O) groups is 2. The predicted molar refractivity (Wildman–Crippen MR) is 81.7 cm³/mol. The van der Waals surface area contributed by atoms with Crippen LogP contribution in [-0.4, -0.2) is 23.5 Å². The standard InChI is InChI=1S/C16H18N2O4/c1-11(19)12-5-7-13(8-6-12)18-15(20)17-10-16(2,21)14-4-3-9-22-14/h3-9,21H,10H2,1-2H3,(H2,17,18,20). The summed E-state index contributed by atoms with van der Waals surface area (Å²) in [6.07, 6.45) is 1.46. The van der Waals surface area contributed by atoms with Gasteiger partial charge in [-0.2, -0.15) is 0 Å². The van der Waals surface area contributed by atoms with E-state index in [1.807, 2.05) is 0 Å². The molecule has 0 bridgehead atoms. The maximum absolute atomic E-state index is 11.8. The summed E-state index contributed by atoms with van der Waals surface area (Å²) in [5, 5.41) is 15.4. The van der Waals surface area contributed by atoms with Gasteiger partial charge < -0.3 is 20.2 Å². The van der Waals surface area contributed by atoms with Gasteiger partial charge in [0.1, 0.15) is 11.4 Å². The molecule has 0 aliphatic heterocycles. The lowest BCUT2D eigenvalue weighted by Gasteiger charge is -2.21. The molecular formula is C16H18N2O4. The van der Waals surface area contributed by atoms with Crippen LogP contribution in [0.3, 0.4) is 0 Å². The molecular weight excluding hydrogens is 284 g/mol. The lowest BCUT2D eigenvalue weighted by Crippen LogP contribution is -2.40. The van der Waals surface area contributed by atoms with Crippen LogP contribution in [0, 0.1) is 0 Å². The number of ketones is 1. The van der Waals surface area contributed by atoms with Crippen LogP contribution in [0.1, 0.15) is 30.0 Å². The summed E-state index contributed by atoms with van der Waals surface area (Å²) in [7, 11) is 0. The second kappa shape index (κ2) is 6.44. The van der Waals surface area contributed by atoms with Gasteiger partial charge in [0.2, 0.25) is 0 Å². The van der Waals surface area contributed by atoms with Crippen molar-refractivity contribution >= 4 is 17.5 Å². The van der Waals surface area contributed by atoms with Gasteiger partial charge in [-0.1, -0.05) is 0 Å². The van der Waals surface area contributed by atoms with E-state index >= 15 is 0 Å². The Hall–Kier alpha value is -2.60. The predicted octanol–water partition coefficient (Wildman–Crippen LogP) is 2.51. The van der Waals surface area contributed by atoms with E-state index in [9.17, 15) is 14.7 Å². The van der Waals surface area contributed by atoms with Crippen molar-refractivity contribution in [3.8, 4) is 0 Å². The minimum Gasteiger partial charge on any atom is -0.466 e. The largest absolute Gasteiger partial charge is 0.466 e. The Balaban J connectivity index is 1.89. The molecule has 2 rings (SSSR count). The first-order valence-corrected chi connectivity index (χ1v) is 6.81. The number of Topliss-reactive ketones (excluding diaryl/α,β-unsaturated/α-hetero) is 1. The molecule has 0 aliphatic rings. The molecule has 1 heterocycles. The Morgan fingerprint density at radius 1 is 1.23 bits per heavy atom. The molecule has 0 saturated heterocycles. The van der Waals surface area contributed by atoms with Gasteiger partial charge in [-0.25, -0.2) is 4.79 Å². The van der Waals surface area contributed by atoms with Crippen molar-refractivity contribution in [2.24, 2.45) is 0 Å². The Labute approximate surface area is 128 Å². The summed E-state index contributed by atoms with van der Waals surface area (Å²) in [6, 6.07) is 9.40. The number of carbonyl (C=O) groups excluding carboxylic acids is 2.